The van der Waals surface area contributed by atoms with Crippen LogP contribution in [-0.2, 0) is 14.8 Å². The Bertz CT molecular complexity index is 1060. The fourth-order valence-corrected chi connectivity index (χ4v) is 5.88. The van der Waals surface area contributed by atoms with Crippen LogP contribution in [0.3, 0.4) is 0 Å². The minimum absolute atomic E-state index is 0.0112. The first kappa shape index (κ1) is 23.7. The molecule has 0 aromatic heterocycles. The van der Waals surface area contributed by atoms with E-state index in [9.17, 15) is 13.2 Å². The van der Waals surface area contributed by atoms with Gasteiger partial charge < -0.3 is 15.0 Å². The van der Waals surface area contributed by atoms with Crippen molar-refractivity contribution in [2.45, 2.75) is 24.9 Å². The number of fused-ring (bicyclic) bond motifs is 1. The molecule has 1 atom stereocenters. The largest absolute Gasteiger partial charge is 0.379 e. The number of sulfonamides is 1. The Morgan fingerprint density at radius 2 is 1.67 bits per heavy atom. The van der Waals surface area contributed by atoms with Gasteiger partial charge in [-0.1, -0.05) is 32.0 Å². The summed E-state index contributed by atoms with van der Waals surface area (Å²) in [4.78, 5) is 17.6. The first-order chi connectivity index (χ1) is 16.0. The Labute approximate surface area is 196 Å². The summed E-state index contributed by atoms with van der Waals surface area (Å²) in [7, 11) is -3.51. The molecule has 9 heteroatoms. The Hall–Kier alpha value is -2.46. The van der Waals surface area contributed by atoms with Gasteiger partial charge in [0.25, 0.3) is 5.91 Å². The van der Waals surface area contributed by atoms with Crippen molar-refractivity contribution in [3.05, 3.63) is 59.7 Å². The zero-order chi connectivity index (χ0) is 23.4. The monoisotopic (exact) mass is 472 g/mol. The number of ether oxygens (including phenoxy) is 1. The molecule has 33 heavy (non-hydrogen) atoms. The third-order valence-corrected chi connectivity index (χ3v) is 8.38. The molecule has 0 radical (unpaired) electrons. The van der Waals surface area contributed by atoms with E-state index in [0.29, 0.717) is 25.2 Å². The van der Waals surface area contributed by atoms with Gasteiger partial charge in [-0.15, -0.1) is 0 Å². The molecule has 1 N–H and O–H groups in total. The van der Waals surface area contributed by atoms with Crippen molar-refractivity contribution in [1.29, 1.82) is 0 Å². The Morgan fingerprint density at radius 1 is 1.00 bits per heavy atom. The highest BCUT2D eigenvalue weighted by Gasteiger charge is 2.36. The van der Waals surface area contributed by atoms with Gasteiger partial charge in [0, 0.05) is 56.1 Å². The molecule has 4 rings (SSSR count). The van der Waals surface area contributed by atoms with Crippen LogP contribution >= 0.6 is 0 Å². The second-order valence-electron chi connectivity index (χ2n) is 8.20. The van der Waals surface area contributed by atoms with Gasteiger partial charge in [0.15, 0.2) is 0 Å². The molecule has 0 aliphatic carbocycles. The lowest BCUT2D eigenvalue weighted by atomic mass is 10.1. The number of amides is 1. The van der Waals surface area contributed by atoms with E-state index in [1.807, 2.05) is 43.0 Å². The van der Waals surface area contributed by atoms with Crippen LogP contribution in [0.15, 0.2) is 53.4 Å². The molecule has 1 saturated heterocycles. The number of nitrogens with one attached hydrogen (secondary N) is 1. The topological polar surface area (TPSA) is 82.2 Å². The summed E-state index contributed by atoms with van der Waals surface area (Å²) in [5, 5.41) is 3.45. The number of carbonyl (C=O) groups is 1. The lowest BCUT2D eigenvalue weighted by Crippen LogP contribution is -2.43. The summed E-state index contributed by atoms with van der Waals surface area (Å²) in [5.41, 5.74) is 2.40. The van der Waals surface area contributed by atoms with Crippen LogP contribution in [0.1, 0.15) is 35.9 Å². The summed E-state index contributed by atoms with van der Waals surface area (Å²) in [5.74, 6) is 0.0112. The molecule has 2 aliphatic heterocycles. The zero-order valence-electron chi connectivity index (χ0n) is 19.2. The van der Waals surface area contributed by atoms with Crippen molar-refractivity contribution in [2.24, 2.45) is 0 Å². The molecule has 1 fully saturated rings. The van der Waals surface area contributed by atoms with E-state index < -0.39 is 10.0 Å². The summed E-state index contributed by atoms with van der Waals surface area (Å²) in [6, 6.07) is 14.4. The number of benzene rings is 2. The Balaban J connectivity index is 1.53. The summed E-state index contributed by atoms with van der Waals surface area (Å²) < 4.78 is 32.4. The normalized spacial score (nSPS) is 19.2. The number of rotatable bonds is 9. The molecular weight excluding hydrogens is 440 g/mol. The second kappa shape index (κ2) is 10.2. The zero-order valence-corrected chi connectivity index (χ0v) is 20.1. The molecule has 0 saturated carbocycles. The third kappa shape index (κ3) is 4.91. The van der Waals surface area contributed by atoms with Crippen LogP contribution < -0.4 is 5.32 Å². The first-order valence-corrected chi connectivity index (χ1v) is 13.0. The smallest absolute Gasteiger partial charge is 0.256 e. The molecule has 0 spiro atoms. The highest BCUT2D eigenvalue weighted by Crippen LogP contribution is 2.34. The summed E-state index contributed by atoms with van der Waals surface area (Å²) in [6.45, 7) is 9.08. The maximum absolute atomic E-state index is 13.2. The summed E-state index contributed by atoms with van der Waals surface area (Å²) >= 11 is 0. The van der Waals surface area contributed by atoms with E-state index in [1.165, 1.54) is 4.31 Å². The molecule has 0 bridgehead atoms. The summed E-state index contributed by atoms with van der Waals surface area (Å²) in [6.07, 6.45) is -0.306. The molecule has 8 nitrogen and oxygen atoms in total. The average Bonchev–Trinajstić information content (AvgIpc) is 3.10. The molecule has 2 heterocycles. The number of hydrogen-bond acceptors (Lipinski definition) is 6. The van der Waals surface area contributed by atoms with E-state index in [4.69, 9.17) is 4.74 Å². The molecule has 2 aliphatic rings. The first-order valence-electron chi connectivity index (χ1n) is 11.5. The van der Waals surface area contributed by atoms with Crippen LogP contribution in [0.5, 0.6) is 0 Å². The predicted octanol–water partition coefficient (Wildman–Crippen LogP) is 2.62. The fourth-order valence-electron chi connectivity index (χ4n) is 4.42. The van der Waals surface area contributed by atoms with Crippen LogP contribution in [0.25, 0.3) is 0 Å². The average molecular weight is 473 g/mol. The quantitative estimate of drug-likeness (QED) is 0.604. The number of morpholine rings is 1. The van der Waals surface area contributed by atoms with Crippen molar-refractivity contribution in [2.75, 3.05) is 57.8 Å². The maximum atomic E-state index is 13.2. The van der Waals surface area contributed by atoms with Crippen molar-refractivity contribution in [3.8, 4) is 0 Å². The molecule has 2 aromatic rings. The minimum Gasteiger partial charge on any atom is -0.379 e. The lowest BCUT2D eigenvalue weighted by Gasteiger charge is -2.31. The van der Waals surface area contributed by atoms with Crippen molar-refractivity contribution in [3.63, 3.8) is 0 Å². The highest BCUT2D eigenvalue weighted by molar-refractivity contribution is 7.89. The van der Waals surface area contributed by atoms with E-state index >= 15 is 0 Å². The number of anilines is 1. The highest BCUT2D eigenvalue weighted by atomic mass is 32.2. The van der Waals surface area contributed by atoms with Gasteiger partial charge in [0.2, 0.25) is 10.0 Å². The molecular formula is C24H32N4O4S. The standard InChI is InChI=1S/C24H32N4O4S/c1-3-27(4-2)33(30,31)20-11-9-19(10-12-20)25-23-21-7-5-6-8-22(21)24(29)28(23)14-13-26-15-17-32-18-16-26/h5-12,23,25H,3-4,13-18H2,1-2H3/t23-/m0/s1. The van der Waals surface area contributed by atoms with Crippen LogP contribution in [0.2, 0.25) is 0 Å². The van der Waals surface area contributed by atoms with Gasteiger partial charge in [0.05, 0.1) is 18.1 Å². The molecule has 0 unspecified atom stereocenters. The minimum atomic E-state index is -3.51. The Kier molecular flexibility index (Phi) is 7.33. The van der Waals surface area contributed by atoms with Gasteiger partial charge in [-0.3, -0.25) is 9.69 Å². The van der Waals surface area contributed by atoms with Crippen LogP contribution in [0.4, 0.5) is 5.69 Å². The van der Waals surface area contributed by atoms with Gasteiger partial charge in [-0.2, -0.15) is 4.31 Å². The predicted molar refractivity (Wildman–Crippen MR) is 128 cm³/mol. The van der Waals surface area contributed by atoms with Crippen molar-refractivity contribution >= 4 is 21.6 Å². The van der Waals surface area contributed by atoms with Gasteiger partial charge >= 0.3 is 0 Å². The van der Waals surface area contributed by atoms with Crippen LogP contribution in [-0.4, -0.2) is 80.9 Å². The number of carbonyl (C=O) groups excluding carboxylic acids is 1. The molecule has 1 amide bonds. The van der Waals surface area contributed by atoms with Gasteiger partial charge in [0.1, 0.15) is 6.17 Å². The van der Waals surface area contributed by atoms with Gasteiger partial charge in [-0.05, 0) is 30.3 Å². The van der Waals surface area contributed by atoms with Gasteiger partial charge in [-0.25, -0.2) is 8.42 Å². The van der Waals surface area contributed by atoms with Crippen LogP contribution in [0, 0.1) is 0 Å². The number of hydrogen-bond donors (Lipinski definition) is 1. The number of nitrogens with zero attached hydrogens (tertiary/aromatic N) is 3. The maximum Gasteiger partial charge on any atom is 0.256 e. The lowest BCUT2D eigenvalue weighted by molar-refractivity contribution is 0.0314. The van der Waals surface area contributed by atoms with E-state index in [1.54, 1.807) is 24.3 Å². The second-order valence-corrected chi connectivity index (χ2v) is 10.1. The van der Waals surface area contributed by atoms with E-state index in [-0.39, 0.29) is 17.0 Å². The van der Waals surface area contributed by atoms with Crippen molar-refractivity contribution < 1.29 is 17.9 Å². The molecule has 2 aromatic carbocycles. The van der Waals surface area contributed by atoms with E-state index in [0.717, 1.165) is 44.1 Å². The van der Waals surface area contributed by atoms with E-state index in [2.05, 4.69) is 10.2 Å². The molecule has 178 valence electrons. The van der Waals surface area contributed by atoms with Crippen molar-refractivity contribution in [1.82, 2.24) is 14.1 Å². The third-order valence-electron chi connectivity index (χ3n) is 6.32. The SMILES string of the molecule is CCN(CC)S(=O)(=O)c1ccc(N[C@@H]2c3ccccc3C(=O)N2CCN2CCOCC2)cc1. The fraction of sp³-hybridized carbons (Fsp3) is 0.458. The Morgan fingerprint density at radius 3 is 2.33 bits per heavy atom.